The highest BCUT2D eigenvalue weighted by molar-refractivity contribution is 5.34. The van der Waals surface area contributed by atoms with Crippen LogP contribution in [0.4, 0.5) is 0 Å². The van der Waals surface area contributed by atoms with E-state index in [9.17, 15) is 4.79 Å². The van der Waals surface area contributed by atoms with Gasteiger partial charge in [0.15, 0.2) is 5.66 Å². The van der Waals surface area contributed by atoms with Crippen LogP contribution in [-0.4, -0.2) is 17.3 Å². The number of hydrogen-bond acceptors (Lipinski definition) is 4. The molecule has 1 fully saturated rings. The van der Waals surface area contributed by atoms with Crippen LogP contribution in [0.5, 0.6) is 0 Å². The third-order valence-electron chi connectivity index (χ3n) is 3.94. The molecule has 21 heavy (non-hydrogen) atoms. The van der Waals surface area contributed by atoms with Crippen LogP contribution >= 0.6 is 0 Å². The second kappa shape index (κ2) is 9.09. The van der Waals surface area contributed by atoms with Gasteiger partial charge in [-0.05, 0) is 46.5 Å². The van der Waals surface area contributed by atoms with Gasteiger partial charge in [-0.3, -0.25) is 0 Å². The largest absolute Gasteiger partial charge is 0.237 e. The molecule has 0 aromatic heterocycles. The molecule has 0 N–H and O–H groups in total. The van der Waals surface area contributed by atoms with E-state index in [4.69, 9.17) is 0 Å². The van der Waals surface area contributed by atoms with Crippen molar-refractivity contribution in [2.24, 2.45) is 15.2 Å². The number of hydrogen-bond donors (Lipinski definition) is 0. The molecule has 0 aliphatic heterocycles. The topological polar surface area (TPSA) is 54.1 Å². The van der Waals surface area contributed by atoms with E-state index >= 15 is 0 Å². The summed E-state index contributed by atoms with van der Waals surface area (Å²) in [6, 6.07) is 0. The normalized spacial score (nSPS) is 22.0. The molecule has 0 aromatic carbocycles. The summed E-state index contributed by atoms with van der Waals surface area (Å²) in [5.41, 5.74) is -0.886. The Morgan fingerprint density at radius 1 is 0.810 bits per heavy atom. The summed E-state index contributed by atoms with van der Waals surface area (Å²) in [6.07, 6.45) is 14.5. The Hall–Kier alpha value is -1.02. The van der Waals surface area contributed by atoms with E-state index in [1.54, 1.807) is 6.08 Å². The predicted molar refractivity (Wildman–Crippen MR) is 86.2 cm³/mol. The van der Waals surface area contributed by atoms with Crippen LogP contribution in [-0.2, 0) is 4.79 Å². The first kappa shape index (κ1) is 18.0. The van der Waals surface area contributed by atoms with Gasteiger partial charge >= 0.3 is 0 Å². The fourth-order valence-electron chi connectivity index (χ4n) is 2.74. The van der Waals surface area contributed by atoms with Crippen molar-refractivity contribution in [3.8, 4) is 0 Å². The summed E-state index contributed by atoms with van der Waals surface area (Å²) < 4.78 is 0. The monoisotopic (exact) mass is 293 g/mol. The summed E-state index contributed by atoms with van der Waals surface area (Å²) in [7, 11) is 0. The lowest BCUT2D eigenvalue weighted by molar-refractivity contribution is 0.317. The van der Waals surface area contributed by atoms with Gasteiger partial charge in [-0.2, -0.15) is 15.2 Å². The maximum absolute atomic E-state index is 10.9. The average Bonchev–Trinajstić information content (AvgIpc) is 2.40. The summed E-state index contributed by atoms with van der Waals surface area (Å²) in [4.78, 5) is 15.0. The standard InChI is InChI=1S/C17H31N3O/c1-16(2,3)19-20-17(18-15-21)13-11-9-7-5-4-6-8-10-12-14-17/h4-14H2,1-3H3/b20-19+. The lowest BCUT2D eigenvalue weighted by atomic mass is 9.94. The maximum Gasteiger partial charge on any atom is 0.237 e. The van der Waals surface area contributed by atoms with Crippen LogP contribution in [0, 0.1) is 0 Å². The molecule has 1 rings (SSSR count). The molecular formula is C17H31N3O. The van der Waals surface area contributed by atoms with Gasteiger partial charge in [0, 0.05) is 0 Å². The van der Waals surface area contributed by atoms with Crippen LogP contribution in [0.15, 0.2) is 15.2 Å². The second-order valence-corrected chi connectivity index (χ2v) is 7.24. The molecule has 4 nitrogen and oxygen atoms in total. The number of aliphatic imine (C=N–C) groups is 1. The molecule has 1 saturated carbocycles. The summed E-state index contributed by atoms with van der Waals surface area (Å²) in [5, 5.41) is 8.89. The van der Waals surface area contributed by atoms with Crippen molar-refractivity contribution in [1.82, 2.24) is 0 Å². The molecule has 0 radical (unpaired) electrons. The highest BCUT2D eigenvalue weighted by atomic mass is 16.1. The van der Waals surface area contributed by atoms with Crippen molar-refractivity contribution in [3.05, 3.63) is 0 Å². The molecule has 0 bridgehead atoms. The quantitative estimate of drug-likeness (QED) is 0.373. The number of nitrogens with zero attached hydrogens (tertiary/aromatic N) is 3. The number of rotatable bonds is 2. The Morgan fingerprint density at radius 2 is 1.24 bits per heavy atom. The summed E-state index contributed by atoms with van der Waals surface area (Å²) >= 11 is 0. The van der Waals surface area contributed by atoms with E-state index in [1.807, 2.05) is 20.8 Å². The van der Waals surface area contributed by atoms with Crippen molar-refractivity contribution in [3.63, 3.8) is 0 Å². The molecule has 1 aliphatic carbocycles. The molecule has 0 aromatic rings. The Labute approximate surface area is 129 Å². The van der Waals surface area contributed by atoms with E-state index in [1.165, 1.54) is 44.9 Å². The molecule has 1 aliphatic rings. The third kappa shape index (κ3) is 8.11. The first-order valence-electron chi connectivity index (χ1n) is 8.51. The average molecular weight is 293 g/mol. The van der Waals surface area contributed by atoms with Gasteiger partial charge in [-0.1, -0.05) is 44.9 Å². The zero-order valence-electron chi connectivity index (χ0n) is 14.0. The van der Waals surface area contributed by atoms with Crippen LogP contribution in [0.3, 0.4) is 0 Å². The van der Waals surface area contributed by atoms with Gasteiger partial charge in [0.2, 0.25) is 6.08 Å². The minimum Gasteiger partial charge on any atom is -0.211 e. The van der Waals surface area contributed by atoms with Gasteiger partial charge in [0.1, 0.15) is 0 Å². The summed E-state index contributed by atoms with van der Waals surface area (Å²) in [6.45, 7) is 6.05. The highest BCUT2D eigenvalue weighted by Gasteiger charge is 2.29. The lowest BCUT2D eigenvalue weighted by Gasteiger charge is -2.25. The van der Waals surface area contributed by atoms with Gasteiger partial charge in [0.05, 0.1) is 5.54 Å². The summed E-state index contributed by atoms with van der Waals surface area (Å²) in [5.74, 6) is 0. The van der Waals surface area contributed by atoms with Crippen molar-refractivity contribution in [1.29, 1.82) is 0 Å². The van der Waals surface area contributed by atoms with Crippen molar-refractivity contribution in [2.45, 2.75) is 103 Å². The molecule has 0 saturated heterocycles. The molecule has 0 unspecified atom stereocenters. The van der Waals surface area contributed by atoms with Gasteiger partial charge in [-0.25, -0.2) is 4.79 Å². The Kier molecular flexibility index (Phi) is 7.81. The zero-order valence-corrected chi connectivity index (χ0v) is 14.0. The minimum absolute atomic E-state index is 0.227. The SMILES string of the molecule is CC(C)(C)/N=N/C1(N=C=O)CCCCCCCCCCC1. The van der Waals surface area contributed by atoms with E-state index in [2.05, 4.69) is 15.2 Å². The van der Waals surface area contributed by atoms with Gasteiger partial charge in [-0.15, -0.1) is 0 Å². The zero-order chi connectivity index (χ0) is 15.6. The first-order valence-corrected chi connectivity index (χ1v) is 8.51. The van der Waals surface area contributed by atoms with Crippen LogP contribution in [0.25, 0.3) is 0 Å². The molecule has 4 heteroatoms. The second-order valence-electron chi connectivity index (χ2n) is 7.24. The van der Waals surface area contributed by atoms with E-state index in [0.717, 1.165) is 25.7 Å². The Morgan fingerprint density at radius 3 is 1.62 bits per heavy atom. The third-order valence-corrected chi connectivity index (χ3v) is 3.94. The molecule has 0 spiro atoms. The Balaban J connectivity index is 2.81. The molecular weight excluding hydrogens is 262 g/mol. The van der Waals surface area contributed by atoms with Crippen LogP contribution in [0.2, 0.25) is 0 Å². The van der Waals surface area contributed by atoms with Crippen molar-refractivity contribution < 1.29 is 4.79 Å². The molecule has 0 amide bonds. The molecule has 0 heterocycles. The van der Waals surface area contributed by atoms with E-state index < -0.39 is 5.66 Å². The number of isocyanates is 1. The Bertz CT molecular complexity index is 353. The first-order chi connectivity index (χ1) is 9.97. The van der Waals surface area contributed by atoms with E-state index in [-0.39, 0.29) is 5.54 Å². The maximum atomic E-state index is 10.9. The van der Waals surface area contributed by atoms with E-state index in [0.29, 0.717) is 0 Å². The predicted octanol–water partition coefficient (Wildman–Crippen LogP) is 5.57. The van der Waals surface area contributed by atoms with Crippen LogP contribution < -0.4 is 0 Å². The fourth-order valence-corrected chi connectivity index (χ4v) is 2.74. The van der Waals surface area contributed by atoms with Gasteiger partial charge in [0.25, 0.3) is 0 Å². The number of azo groups is 1. The van der Waals surface area contributed by atoms with Crippen molar-refractivity contribution in [2.75, 3.05) is 0 Å². The fraction of sp³-hybridized carbons (Fsp3) is 0.941. The van der Waals surface area contributed by atoms with Crippen molar-refractivity contribution >= 4 is 6.08 Å². The minimum atomic E-state index is -0.659. The molecule has 120 valence electrons. The van der Waals surface area contributed by atoms with Gasteiger partial charge < -0.3 is 0 Å². The molecule has 0 atom stereocenters. The number of carbonyl (C=O) groups excluding carboxylic acids is 1. The lowest BCUT2D eigenvalue weighted by Crippen LogP contribution is -2.25. The smallest absolute Gasteiger partial charge is 0.211 e. The van der Waals surface area contributed by atoms with Crippen LogP contribution in [0.1, 0.15) is 91.4 Å². The highest BCUT2D eigenvalue weighted by Crippen LogP contribution is 2.30.